The van der Waals surface area contributed by atoms with Gasteiger partial charge in [0.2, 0.25) is 0 Å². The molecule has 0 fully saturated rings. The standard InChI is InChI=1S/C70H54F2N2O2/c1-41(2)45-19-15-21-47-49-23-17-33-63(67(49)75-65(45)47)73(61-31-13-11-29-59(61)71)43-35-37-53-51(39-43)52-40-44(36-38-54(52)70(53)57-27-9-7-25-55(57)69(5,6)56-26-8-10-28-58(56)70)74(62-32-14-12-30-60(62)72)64-34-18-24-50-48-22-16-20-46(42(3)4)66(48)76-68(50)64/h7-42H,1-6H3. The molecule has 0 bridgehead atoms. The number of anilines is 6. The molecule has 1 spiro atoms. The van der Waals surface area contributed by atoms with E-state index in [1.54, 1.807) is 12.1 Å². The first-order valence-corrected chi connectivity index (χ1v) is 26.4. The van der Waals surface area contributed by atoms with Crippen LogP contribution in [-0.2, 0) is 10.8 Å². The van der Waals surface area contributed by atoms with Crippen molar-refractivity contribution in [2.45, 2.75) is 64.2 Å². The number of hydrogen-bond acceptors (Lipinski definition) is 4. The maximum Gasteiger partial charge on any atom is 0.159 e. The normalized spacial score (nSPS) is 14.0. The summed E-state index contributed by atoms with van der Waals surface area (Å²) in [5.74, 6) is -0.278. The third-order valence-electron chi connectivity index (χ3n) is 16.6. The fraction of sp³-hybridized carbons (Fsp3) is 0.143. The molecule has 0 saturated heterocycles. The molecule has 0 N–H and O–H groups in total. The summed E-state index contributed by atoms with van der Waals surface area (Å²) in [6, 6.07) is 69.9. The molecular weight excluding hydrogens is 939 g/mol. The molecule has 0 saturated carbocycles. The van der Waals surface area contributed by atoms with Crippen molar-refractivity contribution in [3.05, 3.63) is 262 Å². The van der Waals surface area contributed by atoms with Crippen LogP contribution >= 0.6 is 0 Å². The third kappa shape index (κ3) is 6.40. The lowest BCUT2D eigenvalue weighted by atomic mass is 9.55. The fourth-order valence-corrected chi connectivity index (χ4v) is 13.2. The Labute approximate surface area is 441 Å². The number of rotatable bonds is 8. The highest BCUT2D eigenvalue weighted by molar-refractivity contribution is 6.13. The van der Waals surface area contributed by atoms with Crippen molar-refractivity contribution in [3.8, 4) is 11.1 Å². The van der Waals surface area contributed by atoms with Gasteiger partial charge in [-0.1, -0.05) is 187 Å². The molecule has 14 rings (SSSR count). The molecule has 2 heterocycles. The molecule has 0 amide bonds. The molecule has 10 aromatic carbocycles. The Morgan fingerprint density at radius 1 is 0.355 bits per heavy atom. The first kappa shape index (κ1) is 45.8. The van der Waals surface area contributed by atoms with Crippen LogP contribution in [-0.4, -0.2) is 0 Å². The van der Waals surface area contributed by atoms with E-state index in [2.05, 4.69) is 175 Å². The molecule has 0 aliphatic heterocycles. The lowest BCUT2D eigenvalue weighted by molar-refractivity contribution is 0.563. The van der Waals surface area contributed by atoms with Crippen molar-refractivity contribution in [1.82, 2.24) is 0 Å². The largest absolute Gasteiger partial charge is 0.454 e. The van der Waals surface area contributed by atoms with E-state index < -0.39 is 5.41 Å². The van der Waals surface area contributed by atoms with E-state index in [1.165, 1.54) is 34.4 Å². The molecule has 0 radical (unpaired) electrons. The first-order chi connectivity index (χ1) is 37.0. The van der Waals surface area contributed by atoms with E-state index in [9.17, 15) is 0 Å². The molecule has 2 aliphatic rings. The van der Waals surface area contributed by atoms with Gasteiger partial charge in [0.1, 0.15) is 22.8 Å². The lowest BCUT2D eigenvalue weighted by Crippen LogP contribution is -2.40. The summed E-state index contributed by atoms with van der Waals surface area (Å²) in [6.07, 6.45) is 0. The zero-order chi connectivity index (χ0) is 51.8. The van der Waals surface area contributed by atoms with Gasteiger partial charge in [0, 0.05) is 38.3 Å². The van der Waals surface area contributed by atoms with Crippen LogP contribution in [0.1, 0.15) is 97.9 Å². The van der Waals surface area contributed by atoms with Crippen LogP contribution in [0.4, 0.5) is 42.9 Å². The van der Waals surface area contributed by atoms with Crippen LogP contribution in [0.5, 0.6) is 0 Å². The van der Waals surface area contributed by atoms with Gasteiger partial charge in [-0.2, -0.15) is 0 Å². The van der Waals surface area contributed by atoms with Crippen molar-refractivity contribution in [1.29, 1.82) is 0 Å². The van der Waals surface area contributed by atoms with Gasteiger partial charge in [0.15, 0.2) is 11.2 Å². The second kappa shape index (κ2) is 16.9. The number of furan rings is 2. The van der Waals surface area contributed by atoms with Crippen LogP contribution in [0.3, 0.4) is 0 Å². The average molecular weight is 993 g/mol. The lowest BCUT2D eigenvalue weighted by Gasteiger charge is -2.46. The van der Waals surface area contributed by atoms with E-state index >= 15 is 8.78 Å². The van der Waals surface area contributed by atoms with E-state index in [0.29, 0.717) is 22.5 Å². The molecule has 2 aliphatic carbocycles. The second-order valence-corrected chi connectivity index (χ2v) is 21.8. The minimum atomic E-state index is -0.756. The van der Waals surface area contributed by atoms with Gasteiger partial charge >= 0.3 is 0 Å². The van der Waals surface area contributed by atoms with Gasteiger partial charge in [-0.15, -0.1) is 0 Å². The van der Waals surface area contributed by atoms with Gasteiger partial charge in [-0.25, -0.2) is 8.78 Å². The van der Waals surface area contributed by atoms with Crippen LogP contribution in [0.25, 0.3) is 55.0 Å². The Hall–Kier alpha value is -8.74. The number of halogens is 2. The van der Waals surface area contributed by atoms with Crippen LogP contribution in [0, 0.1) is 11.6 Å². The predicted molar refractivity (Wildman–Crippen MR) is 308 cm³/mol. The van der Waals surface area contributed by atoms with Crippen LogP contribution in [0.2, 0.25) is 0 Å². The van der Waals surface area contributed by atoms with Gasteiger partial charge in [-0.05, 0) is 128 Å². The maximum atomic E-state index is 16.8. The summed E-state index contributed by atoms with van der Waals surface area (Å²) in [4.78, 5) is 4.02. The van der Waals surface area contributed by atoms with Crippen molar-refractivity contribution < 1.29 is 17.6 Å². The Balaban J connectivity index is 1.07. The Morgan fingerprint density at radius 3 is 1.12 bits per heavy atom. The zero-order valence-electron chi connectivity index (χ0n) is 43.3. The predicted octanol–water partition coefficient (Wildman–Crippen LogP) is 20.0. The number of benzene rings is 10. The first-order valence-electron chi connectivity index (χ1n) is 26.4. The van der Waals surface area contributed by atoms with Gasteiger partial charge in [0.05, 0.1) is 28.2 Å². The molecule has 0 unspecified atom stereocenters. The van der Waals surface area contributed by atoms with Crippen molar-refractivity contribution in [2.24, 2.45) is 0 Å². The highest BCUT2D eigenvalue weighted by Gasteiger charge is 2.53. The van der Waals surface area contributed by atoms with Gasteiger partial charge < -0.3 is 18.6 Å². The molecule has 4 nitrogen and oxygen atoms in total. The average Bonchev–Trinajstić information content (AvgIpc) is 4.24. The topological polar surface area (TPSA) is 32.8 Å². The summed E-state index contributed by atoms with van der Waals surface area (Å²) < 4.78 is 47.6. The highest BCUT2D eigenvalue weighted by Crippen LogP contribution is 2.63. The number of fused-ring (bicyclic) bond motifs is 15. The van der Waals surface area contributed by atoms with E-state index in [4.69, 9.17) is 8.83 Å². The molecule has 0 atom stereocenters. The number of nitrogens with zero attached hydrogens (tertiary/aromatic N) is 2. The molecule has 76 heavy (non-hydrogen) atoms. The SMILES string of the molecule is CC(C)c1cccc2c1oc1c(N(c3ccc4c(c3)-c3cc(N(c5ccccc5F)c5cccc6c5oc5c(C(C)C)cccc56)ccc3C43c4ccccc4C(C)(C)c4ccccc43)c3ccccc3F)cccc12. The van der Waals surface area contributed by atoms with Gasteiger partial charge in [0.25, 0.3) is 0 Å². The van der Waals surface area contributed by atoms with E-state index in [1.807, 2.05) is 58.3 Å². The quantitative estimate of drug-likeness (QED) is 0.152. The molecule has 12 aromatic rings. The van der Waals surface area contributed by atoms with E-state index in [-0.39, 0.29) is 28.9 Å². The van der Waals surface area contributed by atoms with Gasteiger partial charge in [-0.3, -0.25) is 0 Å². The van der Waals surface area contributed by atoms with Crippen molar-refractivity contribution in [3.63, 3.8) is 0 Å². The fourth-order valence-electron chi connectivity index (χ4n) is 13.2. The summed E-state index contributed by atoms with van der Waals surface area (Å²) in [6.45, 7) is 13.4. The maximum absolute atomic E-state index is 16.8. The van der Waals surface area contributed by atoms with Crippen molar-refractivity contribution in [2.75, 3.05) is 9.80 Å². The molecule has 370 valence electrons. The summed E-state index contributed by atoms with van der Waals surface area (Å²) in [5, 5.41) is 3.95. The van der Waals surface area contributed by atoms with Crippen molar-refractivity contribution >= 4 is 78.0 Å². The monoisotopic (exact) mass is 992 g/mol. The Morgan fingerprint density at radius 2 is 0.711 bits per heavy atom. The van der Waals surface area contributed by atoms with Crippen LogP contribution < -0.4 is 9.80 Å². The Kier molecular flexibility index (Phi) is 10.2. The Bertz CT molecular complexity index is 4070. The summed E-state index contributed by atoms with van der Waals surface area (Å²) >= 11 is 0. The second-order valence-electron chi connectivity index (χ2n) is 21.8. The molecular formula is C70H54F2N2O2. The molecule has 2 aromatic heterocycles. The third-order valence-corrected chi connectivity index (χ3v) is 16.6. The number of para-hydroxylation sites is 6. The summed E-state index contributed by atoms with van der Waals surface area (Å²) in [5.41, 5.74) is 17.0. The molecule has 6 heteroatoms. The minimum absolute atomic E-state index is 0.226. The minimum Gasteiger partial charge on any atom is -0.454 e. The zero-order valence-corrected chi connectivity index (χ0v) is 43.3. The highest BCUT2D eigenvalue weighted by atomic mass is 19.1. The summed E-state index contributed by atoms with van der Waals surface area (Å²) in [7, 11) is 0. The van der Waals surface area contributed by atoms with E-state index in [0.717, 1.165) is 88.8 Å². The van der Waals surface area contributed by atoms with Crippen LogP contribution in [0.15, 0.2) is 215 Å². The number of hydrogen-bond donors (Lipinski definition) is 0. The smallest absolute Gasteiger partial charge is 0.159 e.